The van der Waals surface area contributed by atoms with E-state index in [-0.39, 0.29) is 5.91 Å². The molecule has 6 heteroatoms. The summed E-state index contributed by atoms with van der Waals surface area (Å²) in [6, 6.07) is 5.02. The molecule has 1 aromatic heterocycles. The summed E-state index contributed by atoms with van der Waals surface area (Å²) in [4.78, 5) is 23.9. The summed E-state index contributed by atoms with van der Waals surface area (Å²) in [7, 11) is 0. The van der Waals surface area contributed by atoms with Gasteiger partial charge in [-0.25, -0.2) is 0 Å². The van der Waals surface area contributed by atoms with Crippen LogP contribution >= 0.6 is 0 Å². The molecule has 23 heavy (non-hydrogen) atoms. The average Bonchev–Trinajstić information content (AvgIpc) is 2.92. The van der Waals surface area contributed by atoms with E-state index >= 15 is 0 Å². The first-order chi connectivity index (χ1) is 11.0. The second-order valence-electron chi connectivity index (χ2n) is 6.17. The fourth-order valence-electron chi connectivity index (χ4n) is 2.88. The number of aryl methyl sites for hydroxylation is 2. The van der Waals surface area contributed by atoms with Crippen molar-refractivity contribution in [2.75, 3.05) is 5.32 Å². The molecule has 120 valence electrons. The number of carbonyl (C=O) groups is 2. The minimum Gasteiger partial charge on any atom is -0.366 e. The van der Waals surface area contributed by atoms with Gasteiger partial charge in [0.25, 0.3) is 5.91 Å². The molecule has 1 aliphatic heterocycles. The van der Waals surface area contributed by atoms with Gasteiger partial charge in [0.15, 0.2) is 0 Å². The normalized spacial score (nSPS) is 16.7. The number of carbonyl (C=O) groups excluding carboxylic acids is 2. The lowest BCUT2D eigenvalue weighted by Gasteiger charge is -2.20. The van der Waals surface area contributed by atoms with Crippen molar-refractivity contribution in [1.82, 2.24) is 9.78 Å². The van der Waals surface area contributed by atoms with Crippen molar-refractivity contribution in [3.63, 3.8) is 0 Å². The van der Waals surface area contributed by atoms with Gasteiger partial charge in [0.05, 0.1) is 17.5 Å². The molecule has 1 atom stereocenters. The van der Waals surface area contributed by atoms with Crippen LogP contribution in [-0.2, 0) is 13.0 Å². The Morgan fingerprint density at radius 3 is 2.91 bits per heavy atom. The number of rotatable bonds is 3. The number of benzene rings is 1. The summed E-state index contributed by atoms with van der Waals surface area (Å²) >= 11 is 0. The molecule has 0 saturated heterocycles. The zero-order chi connectivity index (χ0) is 16.6. The molecule has 0 spiro atoms. The lowest BCUT2D eigenvalue weighted by molar-refractivity contribution is 0.0996. The molecule has 3 rings (SSSR count). The maximum Gasteiger partial charge on any atom is 0.259 e. The molecule has 2 aromatic rings. The van der Waals surface area contributed by atoms with Gasteiger partial charge < -0.3 is 11.1 Å². The zero-order valence-corrected chi connectivity index (χ0v) is 13.3. The number of hydrogen-bond donors (Lipinski definition) is 2. The SMILES string of the molecule is Cc1ccc(C(N)=O)cc1NC(=O)c1cnn2c1CC(C)CC2. The molecule has 2 amide bonds. The fraction of sp³-hybridized carbons (Fsp3) is 0.353. The smallest absolute Gasteiger partial charge is 0.259 e. The first-order valence-corrected chi connectivity index (χ1v) is 7.72. The van der Waals surface area contributed by atoms with Crippen molar-refractivity contribution in [1.29, 1.82) is 0 Å². The summed E-state index contributed by atoms with van der Waals surface area (Å²) in [6.45, 7) is 4.90. The summed E-state index contributed by atoms with van der Waals surface area (Å²) < 4.78 is 1.90. The van der Waals surface area contributed by atoms with Gasteiger partial charge in [-0.2, -0.15) is 5.10 Å². The van der Waals surface area contributed by atoms with E-state index in [0.29, 0.717) is 22.7 Å². The third-order valence-corrected chi connectivity index (χ3v) is 4.34. The van der Waals surface area contributed by atoms with Gasteiger partial charge in [-0.05, 0) is 43.4 Å². The van der Waals surface area contributed by atoms with Crippen molar-refractivity contribution in [3.8, 4) is 0 Å². The molecule has 2 heterocycles. The molecule has 0 fully saturated rings. The topological polar surface area (TPSA) is 90.0 Å². The Morgan fingerprint density at radius 1 is 1.39 bits per heavy atom. The van der Waals surface area contributed by atoms with Crippen molar-refractivity contribution in [2.45, 2.75) is 33.2 Å². The number of amides is 2. The van der Waals surface area contributed by atoms with Crippen LogP contribution in [0.15, 0.2) is 24.4 Å². The fourth-order valence-corrected chi connectivity index (χ4v) is 2.88. The van der Waals surface area contributed by atoms with E-state index < -0.39 is 5.91 Å². The largest absolute Gasteiger partial charge is 0.366 e. The Hall–Kier alpha value is -2.63. The quantitative estimate of drug-likeness (QED) is 0.909. The van der Waals surface area contributed by atoms with Crippen LogP contribution in [0.5, 0.6) is 0 Å². The molecule has 0 bridgehead atoms. The number of anilines is 1. The van der Waals surface area contributed by atoms with Crippen LogP contribution < -0.4 is 11.1 Å². The third kappa shape index (κ3) is 2.97. The van der Waals surface area contributed by atoms with Gasteiger partial charge >= 0.3 is 0 Å². The van der Waals surface area contributed by atoms with Crippen LogP contribution in [0.2, 0.25) is 0 Å². The predicted molar refractivity (Wildman–Crippen MR) is 87.4 cm³/mol. The Bertz CT molecular complexity index is 779. The summed E-state index contributed by atoms with van der Waals surface area (Å²) in [6.07, 6.45) is 3.55. The van der Waals surface area contributed by atoms with E-state index in [9.17, 15) is 9.59 Å². The first-order valence-electron chi connectivity index (χ1n) is 7.72. The number of nitrogens with two attached hydrogens (primary N) is 1. The summed E-state index contributed by atoms with van der Waals surface area (Å²) in [5.41, 5.74) is 8.71. The van der Waals surface area contributed by atoms with E-state index in [1.54, 1.807) is 24.4 Å². The molecule has 3 N–H and O–H groups in total. The molecule has 1 unspecified atom stereocenters. The number of aromatic nitrogens is 2. The Morgan fingerprint density at radius 2 is 2.17 bits per heavy atom. The highest BCUT2D eigenvalue weighted by atomic mass is 16.2. The second-order valence-corrected chi connectivity index (χ2v) is 6.17. The lowest BCUT2D eigenvalue weighted by atomic mass is 9.96. The number of primary amides is 1. The highest BCUT2D eigenvalue weighted by Crippen LogP contribution is 2.24. The zero-order valence-electron chi connectivity index (χ0n) is 13.3. The molecule has 6 nitrogen and oxygen atoms in total. The van der Waals surface area contributed by atoms with Gasteiger partial charge in [-0.3, -0.25) is 14.3 Å². The van der Waals surface area contributed by atoms with Crippen molar-refractivity contribution in [3.05, 3.63) is 46.8 Å². The number of fused-ring (bicyclic) bond motifs is 1. The number of nitrogens with zero attached hydrogens (tertiary/aromatic N) is 2. The van der Waals surface area contributed by atoms with E-state index in [1.165, 1.54) is 0 Å². The molecule has 0 saturated carbocycles. The number of hydrogen-bond acceptors (Lipinski definition) is 3. The minimum absolute atomic E-state index is 0.204. The second kappa shape index (κ2) is 5.87. The van der Waals surface area contributed by atoms with Crippen LogP contribution in [0.25, 0.3) is 0 Å². The molecule has 1 aromatic carbocycles. The van der Waals surface area contributed by atoms with Crippen LogP contribution in [-0.4, -0.2) is 21.6 Å². The van der Waals surface area contributed by atoms with E-state index in [0.717, 1.165) is 30.6 Å². The van der Waals surface area contributed by atoms with Gasteiger partial charge in [-0.15, -0.1) is 0 Å². The van der Waals surface area contributed by atoms with Crippen LogP contribution in [0.1, 0.15) is 45.3 Å². The first kappa shape index (κ1) is 15.3. The van der Waals surface area contributed by atoms with Crippen molar-refractivity contribution >= 4 is 17.5 Å². The summed E-state index contributed by atoms with van der Waals surface area (Å²) in [5, 5.41) is 7.18. The molecule has 0 radical (unpaired) electrons. The Labute approximate surface area is 134 Å². The third-order valence-electron chi connectivity index (χ3n) is 4.34. The van der Waals surface area contributed by atoms with Crippen LogP contribution in [0.4, 0.5) is 5.69 Å². The van der Waals surface area contributed by atoms with Crippen LogP contribution in [0.3, 0.4) is 0 Å². The van der Waals surface area contributed by atoms with Gasteiger partial charge in [0.2, 0.25) is 5.91 Å². The van der Waals surface area contributed by atoms with E-state index in [4.69, 9.17) is 5.73 Å². The Balaban J connectivity index is 1.87. The van der Waals surface area contributed by atoms with Crippen molar-refractivity contribution in [2.24, 2.45) is 11.7 Å². The standard InChI is InChI=1S/C17H20N4O2/c1-10-5-6-21-15(7-10)13(9-19-21)17(23)20-14-8-12(16(18)22)4-3-11(14)2/h3-4,8-10H,5-7H2,1-2H3,(H2,18,22)(H,20,23). The monoisotopic (exact) mass is 312 g/mol. The Kier molecular flexibility index (Phi) is 3.90. The van der Waals surface area contributed by atoms with Gasteiger partial charge in [0, 0.05) is 17.8 Å². The maximum atomic E-state index is 12.6. The highest BCUT2D eigenvalue weighted by molar-refractivity contribution is 6.06. The van der Waals surface area contributed by atoms with Gasteiger partial charge in [0.1, 0.15) is 0 Å². The average molecular weight is 312 g/mol. The highest BCUT2D eigenvalue weighted by Gasteiger charge is 2.23. The molecule has 0 aliphatic carbocycles. The van der Waals surface area contributed by atoms with Crippen molar-refractivity contribution < 1.29 is 9.59 Å². The molecular formula is C17H20N4O2. The lowest BCUT2D eigenvalue weighted by Crippen LogP contribution is -2.21. The summed E-state index contributed by atoms with van der Waals surface area (Å²) in [5.74, 6) is -0.173. The molecule has 1 aliphatic rings. The van der Waals surface area contributed by atoms with E-state index in [1.807, 2.05) is 11.6 Å². The van der Waals surface area contributed by atoms with Gasteiger partial charge in [-0.1, -0.05) is 13.0 Å². The predicted octanol–water partition coefficient (Wildman–Crippen LogP) is 2.13. The maximum absolute atomic E-state index is 12.6. The van der Waals surface area contributed by atoms with Crippen LogP contribution in [0, 0.1) is 12.8 Å². The number of nitrogens with one attached hydrogen (secondary N) is 1. The van der Waals surface area contributed by atoms with E-state index in [2.05, 4.69) is 17.3 Å². The minimum atomic E-state index is -0.516. The molecular weight excluding hydrogens is 292 g/mol.